The second kappa shape index (κ2) is 10.6. The van der Waals surface area contributed by atoms with Crippen molar-refractivity contribution in [2.75, 3.05) is 6.61 Å². The second-order valence-corrected chi connectivity index (χ2v) is 9.66. The molecule has 28 heavy (non-hydrogen) atoms. The van der Waals surface area contributed by atoms with Crippen molar-refractivity contribution in [1.29, 1.82) is 0 Å². The molecule has 0 aromatic carbocycles. The van der Waals surface area contributed by atoms with E-state index in [9.17, 15) is 9.59 Å². The second-order valence-electron chi connectivity index (χ2n) is 9.66. The molecule has 3 atom stereocenters. The first-order valence-electron chi connectivity index (χ1n) is 11.0. The highest BCUT2D eigenvalue weighted by molar-refractivity contribution is 5.71. The van der Waals surface area contributed by atoms with Crippen molar-refractivity contribution in [1.82, 2.24) is 0 Å². The number of hydrogen-bond acceptors (Lipinski definition) is 5. The molecule has 0 radical (unpaired) electrons. The monoisotopic (exact) mass is 398 g/mol. The van der Waals surface area contributed by atoms with Gasteiger partial charge in [-0.1, -0.05) is 48.5 Å². The van der Waals surface area contributed by atoms with Gasteiger partial charge in [-0.15, -0.1) is 0 Å². The van der Waals surface area contributed by atoms with Gasteiger partial charge < -0.3 is 14.2 Å². The minimum absolute atomic E-state index is 0.124. The van der Waals surface area contributed by atoms with Crippen LogP contribution >= 0.6 is 0 Å². The summed E-state index contributed by atoms with van der Waals surface area (Å²) in [7, 11) is 0. The van der Waals surface area contributed by atoms with Crippen molar-refractivity contribution in [3.63, 3.8) is 0 Å². The van der Waals surface area contributed by atoms with Crippen LogP contribution in [0.5, 0.6) is 0 Å². The molecule has 0 aliphatic heterocycles. The third-order valence-corrected chi connectivity index (χ3v) is 5.54. The van der Waals surface area contributed by atoms with Gasteiger partial charge in [-0.25, -0.2) is 0 Å². The smallest absolute Gasteiger partial charge is 0.306 e. The summed E-state index contributed by atoms with van der Waals surface area (Å²) in [6.07, 6.45) is 3.29. The zero-order valence-electron chi connectivity index (χ0n) is 19.3. The van der Waals surface area contributed by atoms with E-state index in [1.54, 1.807) is 0 Å². The van der Waals surface area contributed by atoms with Gasteiger partial charge in [0.15, 0.2) is 6.10 Å². The summed E-state index contributed by atoms with van der Waals surface area (Å²) < 4.78 is 18.4. The van der Waals surface area contributed by atoms with E-state index in [1.807, 2.05) is 34.6 Å². The zero-order chi connectivity index (χ0) is 21.5. The van der Waals surface area contributed by atoms with E-state index in [0.29, 0.717) is 25.9 Å². The van der Waals surface area contributed by atoms with Crippen LogP contribution in [0, 0.1) is 17.8 Å². The first kappa shape index (κ1) is 24.9. The molecule has 0 saturated heterocycles. The Morgan fingerprint density at radius 2 is 1.54 bits per heavy atom. The minimum atomic E-state index is -0.880. The van der Waals surface area contributed by atoms with Crippen molar-refractivity contribution in [3.05, 3.63) is 0 Å². The molecule has 1 fully saturated rings. The fourth-order valence-corrected chi connectivity index (χ4v) is 4.17. The van der Waals surface area contributed by atoms with Crippen LogP contribution < -0.4 is 0 Å². The Bertz CT molecular complexity index is 513. The topological polar surface area (TPSA) is 61.8 Å². The normalized spacial score (nSPS) is 28.0. The molecule has 0 bridgehead atoms. The van der Waals surface area contributed by atoms with Gasteiger partial charge in [0, 0.05) is 19.4 Å². The first-order valence-corrected chi connectivity index (χ1v) is 11.0. The third-order valence-electron chi connectivity index (χ3n) is 5.54. The quantitative estimate of drug-likeness (QED) is 0.467. The molecule has 1 aliphatic rings. The Balaban J connectivity index is 3.26. The van der Waals surface area contributed by atoms with Crippen LogP contribution in [0.3, 0.4) is 0 Å². The van der Waals surface area contributed by atoms with E-state index in [0.717, 1.165) is 19.3 Å². The lowest BCUT2D eigenvalue weighted by molar-refractivity contribution is -0.252. The Morgan fingerprint density at radius 3 is 2.04 bits per heavy atom. The maximum atomic E-state index is 12.6. The molecule has 0 amide bonds. The van der Waals surface area contributed by atoms with Crippen molar-refractivity contribution >= 4 is 11.9 Å². The summed E-state index contributed by atoms with van der Waals surface area (Å²) in [5.74, 6) is 0.0543. The van der Waals surface area contributed by atoms with Crippen LogP contribution in [-0.2, 0) is 23.8 Å². The van der Waals surface area contributed by atoms with E-state index in [1.165, 1.54) is 0 Å². The molecule has 0 aromatic rings. The largest absolute Gasteiger partial charge is 0.455 e. The van der Waals surface area contributed by atoms with Gasteiger partial charge in [0.25, 0.3) is 0 Å². The number of carbonyl (C=O) groups is 2. The number of rotatable bonds is 10. The zero-order valence-corrected chi connectivity index (χ0v) is 19.3. The molecule has 1 saturated carbocycles. The summed E-state index contributed by atoms with van der Waals surface area (Å²) in [6, 6.07) is 0. The number of hydrogen-bond donors (Lipinski definition) is 0. The fourth-order valence-electron chi connectivity index (χ4n) is 4.17. The number of ether oxygens (including phenoxy) is 3. The molecule has 0 heterocycles. The van der Waals surface area contributed by atoms with Crippen LogP contribution in [0.1, 0.15) is 93.9 Å². The van der Waals surface area contributed by atoms with Crippen LogP contribution in [0.25, 0.3) is 0 Å². The van der Waals surface area contributed by atoms with E-state index >= 15 is 0 Å². The molecule has 5 heteroatoms. The van der Waals surface area contributed by atoms with Gasteiger partial charge in [0.1, 0.15) is 11.2 Å². The van der Waals surface area contributed by atoms with Gasteiger partial charge in [-0.05, 0) is 50.4 Å². The Labute approximate surface area is 171 Å². The summed E-state index contributed by atoms with van der Waals surface area (Å²) in [6.45, 7) is 16.7. The van der Waals surface area contributed by atoms with Crippen molar-refractivity contribution < 1.29 is 23.8 Å². The highest BCUT2D eigenvalue weighted by atomic mass is 16.6. The van der Waals surface area contributed by atoms with Crippen molar-refractivity contribution in [2.45, 2.75) is 111 Å². The molecular formula is C23H42O5. The lowest BCUT2D eigenvalue weighted by Crippen LogP contribution is -2.65. The van der Waals surface area contributed by atoms with Gasteiger partial charge in [0.05, 0.1) is 0 Å². The molecule has 164 valence electrons. The van der Waals surface area contributed by atoms with E-state index in [2.05, 4.69) is 20.8 Å². The standard InChI is InChI=1S/C23H42O5/c1-9-13-26-23(18(6)7)12-10-11-22(8,28-20(25)15-17(4)5)21(23)27-19(24)14-16(2)3/h16-18,21H,9-15H2,1-8H3. The predicted octanol–water partition coefficient (Wildman–Crippen LogP) is 5.30. The molecule has 0 spiro atoms. The number of carbonyl (C=O) groups excluding carboxylic acids is 2. The van der Waals surface area contributed by atoms with E-state index < -0.39 is 17.3 Å². The van der Waals surface area contributed by atoms with Gasteiger partial charge in [0.2, 0.25) is 0 Å². The van der Waals surface area contributed by atoms with Gasteiger partial charge in [-0.2, -0.15) is 0 Å². The van der Waals surface area contributed by atoms with Crippen LogP contribution in [0.4, 0.5) is 0 Å². The Hall–Kier alpha value is -1.10. The maximum absolute atomic E-state index is 12.6. The maximum Gasteiger partial charge on any atom is 0.306 e. The fraction of sp³-hybridized carbons (Fsp3) is 0.913. The van der Waals surface area contributed by atoms with E-state index in [-0.39, 0.29) is 29.7 Å². The molecule has 0 aromatic heterocycles. The van der Waals surface area contributed by atoms with Crippen LogP contribution in [-0.4, -0.2) is 35.9 Å². The average molecular weight is 399 g/mol. The molecule has 3 unspecified atom stereocenters. The van der Waals surface area contributed by atoms with Crippen LogP contribution in [0.2, 0.25) is 0 Å². The minimum Gasteiger partial charge on any atom is -0.455 e. The van der Waals surface area contributed by atoms with Crippen molar-refractivity contribution in [2.24, 2.45) is 17.8 Å². The van der Waals surface area contributed by atoms with Crippen molar-refractivity contribution in [3.8, 4) is 0 Å². The predicted molar refractivity (Wildman–Crippen MR) is 111 cm³/mol. The Morgan fingerprint density at radius 1 is 0.964 bits per heavy atom. The van der Waals surface area contributed by atoms with Gasteiger partial charge >= 0.3 is 11.9 Å². The Kier molecular flexibility index (Phi) is 9.45. The van der Waals surface area contributed by atoms with Crippen LogP contribution in [0.15, 0.2) is 0 Å². The van der Waals surface area contributed by atoms with Gasteiger partial charge in [-0.3, -0.25) is 9.59 Å². The summed E-state index contributed by atoms with van der Waals surface area (Å²) >= 11 is 0. The average Bonchev–Trinajstić information content (AvgIpc) is 2.53. The number of esters is 2. The summed E-state index contributed by atoms with van der Waals surface area (Å²) in [5.41, 5.74) is -1.53. The van der Waals surface area contributed by atoms with E-state index in [4.69, 9.17) is 14.2 Å². The first-order chi connectivity index (χ1) is 13.0. The molecule has 5 nitrogen and oxygen atoms in total. The summed E-state index contributed by atoms with van der Waals surface area (Å²) in [5, 5.41) is 0. The highest BCUT2D eigenvalue weighted by Crippen LogP contribution is 2.46. The summed E-state index contributed by atoms with van der Waals surface area (Å²) in [4.78, 5) is 25.2. The molecular weight excluding hydrogens is 356 g/mol. The SMILES string of the molecule is CCCOC1(C(C)C)CCCC(C)(OC(=O)CC(C)C)C1OC(=O)CC(C)C. The highest BCUT2D eigenvalue weighted by Gasteiger charge is 2.58. The molecule has 1 rings (SSSR count). The lowest BCUT2D eigenvalue weighted by atomic mass is 9.67. The lowest BCUT2D eigenvalue weighted by Gasteiger charge is -2.53. The third kappa shape index (κ3) is 6.47. The molecule has 1 aliphatic carbocycles. The molecule has 0 N–H and O–H groups in total.